The third kappa shape index (κ3) is 8.34. The molecule has 3 rings (SSSR count). The molecule has 1 aliphatic rings. The minimum atomic E-state index is -0.0729. The van der Waals surface area contributed by atoms with E-state index in [9.17, 15) is 9.59 Å². The summed E-state index contributed by atoms with van der Waals surface area (Å²) in [5.41, 5.74) is 1.11. The first-order valence-corrected chi connectivity index (χ1v) is 11.2. The number of ether oxygens (including phenoxy) is 1. The summed E-state index contributed by atoms with van der Waals surface area (Å²) >= 11 is 6.10. The van der Waals surface area contributed by atoms with Gasteiger partial charge in [0.1, 0.15) is 5.75 Å². The van der Waals surface area contributed by atoms with Gasteiger partial charge in [-0.1, -0.05) is 54.1 Å². The second-order valence-corrected chi connectivity index (χ2v) is 8.04. The first kappa shape index (κ1) is 26.0. The molecule has 2 aromatic rings. The molecule has 1 unspecified atom stereocenters. The Morgan fingerprint density at radius 3 is 2.50 bits per heavy atom. The smallest absolute Gasteiger partial charge is 0.260 e. The molecule has 8 heteroatoms. The zero-order valence-electron chi connectivity index (χ0n) is 18.1. The van der Waals surface area contributed by atoms with Crippen LogP contribution in [0.25, 0.3) is 0 Å². The van der Waals surface area contributed by atoms with E-state index in [-0.39, 0.29) is 36.9 Å². The van der Waals surface area contributed by atoms with Gasteiger partial charge in [-0.05, 0) is 43.5 Å². The van der Waals surface area contributed by atoms with Crippen molar-refractivity contribution >= 4 is 35.8 Å². The van der Waals surface area contributed by atoms with Crippen LogP contribution in [0.15, 0.2) is 54.6 Å². The van der Waals surface area contributed by atoms with Crippen LogP contribution in [0.3, 0.4) is 0 Å². The standard InChI is InChI=1S/C24H30ClN3O3.ClH/c25-20-11-4-5-12-22(20)31-18-24(30)28-15-7-6-13-26-21(19-9-2-1-3-10-19)17-23(29)27-14-8-16-28;/h1-5,9-12,21,26H,6-8,13-18H2,(H,27,29);1H. The summed E-state index contributed by atoms with van der Waals surface area (Å²) < 4.78 is 5.62. The van der Waals surface area contributed by atoms with Crippen molar-refractivity contribution in [2.45, 2.75) is 31.7 Å². The number of benzene rings is 2. The van der Waals surface area contributed by atoms with Crippen LogP contribution in [0.4, 0.5) is 0 Å². The van der Waals surface area contributed by atoms with E-state index in [1.807, 2.05) is 47.4 Å². The second-order valence-electron chi connectivity index (χ2n) is 7.63. The fraction of sp³-hybridized carbons (Fsp3) is 0.417. The number of carbonyl (C=O) groups excluding carboxylic acids is 2. The van der Waals surface area contributed by atoms with Crippen LogP contribution >= 0.6 is 24.0 Å². The second kappa shape index (κ2) is 14.0. The summed E-state index contributed by atoms with van der Waals surface area (Å²) in [4.78, 5) is 27.0. The molecule has 0 spiro atoms. The summed E-state index contributed by atoms with van der Waals surface area (Å²) in [6.45, 7) is 2.52. The molecule has 2 N–H and O–H groups in total. The highest BCUT2D eigenvalue weighted by molar-refractivity contribution is 6.32. The van der Waals surface area contributed by atoms with Gasteiger partial charge in [-0.3, -0.25) is 9.59 Å². The lowest BCUT2D eigenvalue weighted by Crippen LogP contribution is -2.38. The molecule has 0 aliphatic carbocycles. The Hall–Kier alpha value is -2.28. The van der Waals surface area contributed by atoms with E-state index in [1.165, 1.54) is 0 Å². The van der Waals surface area contributed by atoms with E-state index in [1.54, 1.807) is 12.1 Å². The van der Waals surface area contributed by atoms with Crippen LogP contribution in [-0.4, -0.2) is 49.5 Å². The van der Waals surface area contributed by atoms with E-state index >= 15 is 0 Å². The first-order chi connectivity index (χ1) is 15.1. The van der Waals surface area contributed by atoms with E-state index in [2.05, 4.69) is 10.6 Å². The summed E-state index contributed by atoms with van der Waals surface area (Å²) in [5, 5.41) is 6.97. The van der Waals surface area contributed by atoms with Gasteiger partial charge >= 0.3 is 0 Å². The van der Waals surface area contributed by atoms with Gasteiger partial charge in [-0.2, -0.15) is 0 Å². The van der Waals surface area contributed by atoms with Gasteiger partial charge in [0.15, 0.2) is 6.61 Å². The number of rotatable bonds is 4. The van der Waals surface area contributed by atoms with Crippen molar-refractivity contribution in [1.82, 2.24) is 15.5 Å². The highest BCUT2D eigenvalue weighted by atomic mass is 35.5. The van der Waals surface area contributed by atoms with E-state index in [4.69, 9.17) is 16.3 Å². The summed E-state index contributed by atoms with van der Waals surface area (Å²) in [5.74, 6) is 0.448. The molecule has 0 bridgehead atoms. The molecule has 2 aromatic carbocycles. The van der Waals surface area contributed by atoms with Crippen LogP contribution in [0.2, 0.25) is 5.02 Å². The van der Waals surface area contributed by atoms with Crippen molar-refractivity contribution in [3.63, 3.8) is 0 Å². The molecular formula is C24H31Cl2N3O3. The Morgan fingerprint density at radius 2 is 1.72 bits per heavy atom. The lowest BCUT2D eigenvalue weighted by Gasteiger charge is -2.23. The van der Waals surface area contributed by atoms with Gasteiger partial charge in [-0.25, -0.2) is 0 Å². The number of hydrogen-bond donors (Lipinski definition) is 2. The number of amides is 2. The van der Waals surface area contributed by atoms with Crippen molar-refractivity contribution in [2.75, 3.05) is 32.8 Å². The number of para-hydroxylation sites is 1. The van der Waals surface area contributed by atoms with Gasteiger partial charge in [0.05, 0.1) is 5.02 Å². The maximum Gasteiger partial charge on any atom is 0.260 e. The molecule has 0 aromatic heterocycles. The lowest BCUT2D eigenvalue weighted by molar-refractivity contribution is -0.133. The average molecular weight is 480 g/mol. The molecule has 1 heterocycles. The molecule has 2 amide bonds. The molecule has 0 radical (unpaired) electrons. The van der Waals surface area contributed by atoms with E-state index in [0.29, 0.717) is 43.2 Å². The minimum absolute atomic E-state index is 0. The molecule has 174 valence electrons. The average Bonchev–Trinajstić information content (AvgIpc) is 2.80. The summed E-state index contributed by atoms with van der Waals surface area (Å²) in [7, 11) is 0. The number of hydrogen-bond acceptors (Lipinski definition) is 4. The zero-order valence-corrected chi connectivity index (χ0v) is 19.7. The van der Waals surface area contributed by atoms with Gasteiger partial charge in [0, 0.05) is 32.1 Å². The molecule has 1 atom stereocenters. The predicted molar refractivity (Wildman–Crippen MR) is 129 cm³/mol. The maximum atomic E-state index is 12.7. The van der Waals surface area contributed by atoms with Crippen molar-refractivity contribution in [3.8, 4) is 5.75 Å². The Bertz CT molecular complexity index is 851. The SMILES string of the molecule is Cl.O=C1CC(c2ccccc2)NCCCCN(C(=O)COc2ccccc2Cl)CCCN1. The molecule has 1 saturated heterocycles. The third-order valence-electron chi connectivity index (χ3n) is 5.30. The highest BCUT2D eigenvalue weighted by Gasteiger charge is 2.18. The minimum Gasteiger partial charge on any atom is -0.482 e. The summed E-state index contributed by atoms with van der Waals surface area (Å²) in [6, 6.07) is 17.2. The van der Waals surface area contributed by atoms with Crippen molar-refractivity contribution in [1.29, 1.82) is 0 Å². The van der Waals surface area contributed by atoms with Crippen LogP contribution in [0.5, 0.6) is 5.75 Å². The number of carbonyl (C=O) groups is 2. The molecule has 1 fully saturated rings. The Labute approximate surface area is 201 Å². The molecule has 32 heavy (non-hydrogen) atoms. The normalized spacial score (nSPS) is 18.2. The van der Waals surface area contributed by atoms with Crippen LogP contribution < -0.4 is 15.4 Å². The topological polar surface area (TPSA) is 70.7 Å². The first-order valence-electron chi connectivity index (χ1n) is 10.8. The van der Waals surface area contributed by atoms with Crippen molar-refractivity contribution in [3.05, 3.63) is 65.2 Å². The van der Waals surface area contributed by atoms with E-state index in [0.717, 1.165) is 24.9 Å². The van der Waals surface area contributed by atoms with E-state index < -0.39 is 0 Å². The summed E-state index contributed by atoms with van der Waals surface area (Å²) in [6.07, 6.45) is 2.90. The number of nitrogens with zero attached hydrogens (tertiary/aromatic N) is 1. The van der Waals surface area contributed by atoms with Gasteiger partial charge in [0.2, 0.25) is 5.91 Å². The number of nitrogens with one attached hydrogen (secondary N) is 2. The van der Waals surface area contributed by atoms with Gasteiger partial charge < -0.3 is 20.3 Å². The Balaban J connectivity index is 0.00000363. The van der Waals surface area contributed by atoms with Crippen molar-refractivity contribution < 1.29 is 14.3 Å². The molecule has 0 saturated carbocycles. The molecular weight excluding hydrogens is 449 g/mol. The van der Waals surface area contributed by atoms with Gasteiger partial charge in [0.25, 0.3) is 5.91 Å². The number of halogens is 2. The largest absolute Gasteiger partial charge is 0.482 e. The third-order valence-corrected chi connectivity index (χ3v) is 5.62. The van der Waals surface area contributed by atoms with Crippen LogP contribution in [0, 0.1) is 0 Å². The maximum absolute atomic E-state index is 12.7. The van der Waals surface area contributed by atoms with Crippen LogP contribution in [-0.2, 0) is 9.59 Å². The monoisotopic (exact) mass is 479 g/mol. The predicted octanol–water partition coefficient (Wildman–Crippen LogP) is 3.99. The Kier molecular flexibility index (Phi) is 11.4. The fourth-order valence-corrected chi connectivity index (χ4v) is 3.80. The fourth-order valence-electron chi connectivity index (χ4n) is 3.61. The van der Waals surface area contributed by atoms with Gasteiger partial charge in [-0.15, -0.1) is 12.4 Å². The molecule has 1 aliphatic heterocycles. The highest BCUT2D eigenvalue weighted by Crippen LogP contribution is 2.23. The van der Waals surface area contributed by atoms with Crippen molar-refractivity contribution in [2.24, 2.45) is 0 Å². The zero-order chi connectivity index (χ0) is 21.9. The quantitative estimate of drug-likeness (QED) is 0.695. The lowest BCUT2D eigenvalue weighted by atomic mass is 10.0. The van der Waals surface area contributed by atoms with Crippen LogP contribution in [0.1, 0.15) is 37.3 Å². The Morgan fingerprint density at radius 1 is 1.00 bits per heavy atom. The molecule has 6 nitrogen and oxygen atoms in total.